The second-order valence-corrected chi connectivity index (χ2v) is 6.11. The Labute approximate surface area is 142 Å². The van der Waals surface area contributed by atoms with Crippen molar-refractivity contribution in [3.05, 3.63) is 67.6 Å². The molecule has 0 N–H and O–H groups in total. The zero-order chi connectivity index (χ0) is 17.7. The lowest BCUT2D eigenvalue weighted by Gasteiger charge is -2.21. The zero-order valence-corrected chi connectivity index (χ0v) is 14.0. The van der Waals surface area contributed by atoms with Gasteiger partial charge in [-0.25, -0.2) is 9.36 Å². The van der Waals surface area contributed by atoms with Crippen molar-refractivity contribution in [2.75, 3.05) is 6.54 Å². The van der Waals surface area contributed by atoms with E-state index in [1.807, 2.05) is 17.5 Å². The van der Waals surface area contributed by atoms with E-state index < -0.39 is 23.7 Å². The van der Waals surface area contributed by atoms with E-state index in [0.717, 1.165) is 14.0 Å². The Morgan fingerprint density at radius 2 is 2.25 bits per heavy atom. The van der Waals surface area contributed by atoms with Gasteiger partial charge in [-0.2, -0.15) is 5.26 Å². The van der Waals surface area contributed by atoms with E-state index in [-0.39, 0.29) is 5.56 Å². The molecule has 2 aromatic heterocycles. The Morgan fingerprint density at radius 3 is 2.83 bits per heavy atom. The molecule has 24 heavy (non-hydrogen) atoms. The second kappa shape index (κ2) is 7.57. The van der Waals surface area contributed by atoms with Crippen LogP contribution in [-0.2, 0) is 24.9 Å². The number of rotatable bonds is 6. The molecule has 0 aliphatic carbocycles. The lowest BCUT2D eigenvalue weighted by Crippen LogP contribution is -2.44. The van der Waals surface area contributed by atoms with E-state index in [1.165, 1.54) is 29.5 Å². The van der Waals surface area contributed by atoms with Gasteiger partial charge < -0.3 is 9.47 Å². The van der Waals surface area contributed by atoms with Crippen LogP contribution in [0.5, 0.6) is 0 Å². The van der Waals surface area contributed by atoms with Gasteiger partial charge in [0.1, 0.15) is 18.2 Å². The Bertz CT molecular complexity index is 903. The third-order valence-electron chi connectivity index (χ3n) is 3.37. The average Bonchev–Trinajstić information content (AvgIpc) is 3.07. The topological polar surface area (TPSA) is 88.1 Å². The van der Waals surface area contributed by atoms with Crippen LogP contribution in [0.4, 0.5) is 0 Å². The van der Waals surface area contributed by atoms with Crippen molar-refractivity contribution in [2.45, 2.75) is 13.1 Å². The summed E-state index contributed by atoms with van der Waals surface area (Å²) in [5.41, 5.74) is -1.58. The summed E-state index contributed by atoms with van der Waals surface area (Å²) in [6.07, 6.45) is 2.75. The number of hydrogen-bond acceptors (Lipinski definition) is 5. The zero-order valence-electron chi connectivity index (χ0n) is 13.1. The summed E-state index contributed by atoms with van der Waals surface area (Å²) in [5, 5.41) is 10.9. The molecule has 0 bridgehead atoms. The maximum atomic E-state index is 12.5. The van der Waals surface area contributed by atoms with E-state index >= 15 is 0 Å². The molecule has 0 radical (unpaired) electrons. The summed E-state index contributed by atoms with van der Waals surface area (Å²) in [4.78, 5) is 39.3. The SMILES string of the molecule is C=CCN(Cc1cccs1)C(=O)Cn1c(=O)c(C#N)cn(C)c1=O. The molecule has 1 amide bonds. The van der Waals surface area contributed by atoms with E-state index in [9.17, 15) is 14.4 Å². The van der Waals surface area contributed by atoms with E-state index in [4.69, 9.17) is 5.26 Å². The molecule has 2 heterocycles. The number of carbonyl (C=O) groups excluding carboxylic acids is 1. The Hall–Kier alpha value is -2.92. The van der Waals surface area contributed by atoms with Crippen LogP contribution in [0.1, 0.15) is 10.4 Å². The summed E-state index contributed by atoms with van der Waals surface area (Å²) in [6, 6.07) is 5.52. The number of thiophene rings is 1. The molecule has 0 atom stereocenters. The van der Waals surface area contributed by atoms with Crippen molar-refractivity contribution in [3.8, 4) is 6.07 Å². The number of carbonyl (C=O) groups is 1. The van der Waals surface area contributed by atoms with Gasteiger partial charge in [-0.15, -0.1) is 17.9 Å². The third-order valence-corrected chi connectivity index (χ3v) is 4.23. The molecule has 124 valence electrons. The van der Waals surface area contributed by atoms with Crippen LogP contribution in [0, 0.1) is 11.3 Å². The fraction of sp³-hybridized carbons (Fsp3) is 0.250. The largest absolute Gasteiger partial charge is 0.332 e. The van der Waals surface area contributed by atoms with E-state index in [2.05, 4.69) is 6.58 Å². The van der Waals surface area contributed by atoms with Gasteiger partial charge in [-0.05, 0) is 11.4 Å². The summed E-state index contributed by atoms with van der Waals surface area (Å²) in [7, 11) is 1.43. The number of aromatic nitrogens is 2. The number of nitriles is 1. The first-order valence-corrected chi connectivity index (χ1v) is 7.97. The molecule has 0 aliphatic rings. The van der Waals surface area contributed by atoms with Crippen molar-refractivity contribution in [3.63, 3.8) is 0 Å². The maximum Gasteiger partial charge on any atom is 0.331 e. The molecule has 8 heteroatoms. The standard InChI is InChI=1S/C16H16N4O3S/c1-3-6-19(10-13-5-4-7-24-13)14(21)11-20-15(22)12(8-17)9-18(2)16(20)23/h3-5,7,9H,1,6,10-11H2,2H3. The Balaban J connectivity index is 2.32. The summed E-state index contributed by atoms with van der Waals surface area (Å²) >= 11 is 1.51. The van der Waals surface area contributed by atoms with Gasteiger partial charge in [-0.1, -0.05) is 12.1 Å². The van der Waals surface area contributed by atoms with Crippen molar-refractivity contribution < 1.29 is 4.79 Å². The van der Waals surface area contributed by atoms with Crippen molar-refractivity contribution in [1.29, 1.82) is 5.26 Å². The molecule has 0 spiro atoms. The molecule has 7 nitrogen and oxygen atoms in total. The lowest BCUT2D eigenvalue weighted by atomic mass is 10.3. The average molecular weight is 344 g/mol. The van der Waals surface area contributed by atoms with Gasteiger partial charge in [-0.3, -0.25) is 9.59 Å². The highest BCUT2D eigenvalue weighted by atomic mass is 32.1. The monoisotopic (exact) mass is 344 g/mol. The van der Waals surface area contributed by atoms with Crippen LogP contribution < -0.4 is 11.2 Å². The molecular formula is C16H16N4O3S. The molecule has 2 rings (SSSR count). The quantitative estimate of drug-likeness (QED) is 0.722. The Kier molecular flexibility index (Phi) is 5.50. The van der Waals surface area contributed by atoms with Gasteiger partial charge in [0.25, 0.3) is 5.56 Å². The molecular weight excluding hydrogens is 328 g/mol. The molecule has 2 aromatic rings. The summed E-state index contributed by atoms with van der Waals surface area (Å²) < 4.78 is 1.90. The van der Waals surface area contributed by atoms with Gasteiger partial charge in [0, 0.05) is 24.7 Å². The predicted molar refractivity (Wildman–Crippen MR) is 90.6 cm³/mol. The van der Waals surface area contributed by atoms with Gasteiger partial charge in [0.05, 0.1) is 6.54 Å². The van der Waals surface area contributed by atoms with Crippen LogP contribution in [0.25, 0.3) is 0 Å². The highest BCUT2D eigenvalue weighted by Gasteiger charge is 2.18. The molecule has 0 aromatic carbocycles. The number of amides is 1. The number of aryl methyl sites for hydroxylation is 1. The third kappa shape index (κ3) is 3.70. The first-order chi connectivity index (χ1) is 11.5. The molecule has 0 saturated carbocycles. The number of nitrogens with zero attached hydrogens (tertiary/aromatic N) is 4. The minimum absolute atomic E-state index is 0.182. The van der Waals surface area contributed by atoms with Crippen LogP contribution >= 0.6 is 11.3 Å². The lowest BCUT2D eigenvalue weighted by molar-refractivity contribution is -0.132. The second-order valence-electron chi connectivity index (χ2n) is 5.08. The molecule has 0 aliphatic heterocycles. The summed E-state index contributed by atoms with van der Waals surface area (Å²) in [5.74, 6) is -0.391. The molecule has 0 saturated heterocycles. The Morgan fingerprint density at radius 1 is 1.50 bits per heavy atom. The molecule has 0 fully saturated rings. The van der Waals surface area contributed by atoms with Crippen molar-refractivity contribution in [1.82, 2.24) is 14.0 Å². The predicted octanol–water partition coefficient (Wildman–Crippen LogP) is 0.695. The fourth-order valence-electron chi connectivity index (χ4n) is 2.18. The normalized spacial score (nSPS) is 10.2. The minimum atomic E-state index is -0.761. The highest BCUT2D eigenvalue weighted by molar-refractivity contribution is 7.09. The smallest absolute Gasteiger partial charge is 0.331 e. The van der Waals surface area contributed by atoms with E-state index in [0.29, 0.717) is 13.1 Å². The van der Waals surface area contributed by atoms with Gasteiger partial charge >= 0.3 is 5.69 Å². The summed E-state index contributed by atoms with van der Waals surface area (Å²) in [6.45, 7) is 3.88. The fourth-order valence-corrected chi connectivity index (χ4v) is 2.90. The highest BCUT2D eigenvalue weighted by Crippen LogP contribution is 2.12. The van der Waals surface area contributed by atoms with Gasteiger partial charge in [0.15, 0.2) is 0 Å². The van der Waals surface area contributed by atoms with Crippen LogP contribution in [-0.4, -0.2) is 26.5 Å². The van der Waals surface area contributed by atoms with Crippen LogP contribution in [0.3, 0.4) is 0 Å². The van der Waals surface area contributed by atoms with E-state index in [1.54, 1.807) is 12.1 Å². The van der Waals surface area contributed by atoms with Crippen LogP contribution in [0.2, 0.25) is 0 Å². The number of hydrogen-bond donors (Lipinski definition) is 0. The van der Waals surface area contributed by atoms with Crippen molar-refractivity contribution in [2.24, 2.45) is 7.05 Å². The first kappa shape index (κ1) is 17.4. The van der Waals surface area contributed by atoms with Crippen LogP contribution in [0.15, 0.2) is 46.0 Å². The molecule has 0 unspecified atom stereocenters. The first-order valence-electron chi connectivity index (χ1n) is 7.09. The van der Waals surface area contributed by atoms with Gasteiger partial charge in [0.2, 0.25) is 5.91 Å². The minimum Gasteiger partial charge on any atom is -0.332 e. The maximum absolute atomic E-state index is 12.5. The van der Waals surface area contributed by atoms with Crippen molar-refractivity contribution >= 4 is 17.2 Å².